The normalized spacial score (nSPS) is 19.3. The maximum absolute atomic E-state index is 10.9. The van der Waals surface area contributed by atoms with Crippen LogP contribution in [0, 0.1) is 13.8 Å². The predicted octanol–water partition coefficient (Wildman–Crippen LogP) is 1.83. The lowest BCUT2D eigenvalue weighted by molar-refractivity contribution is -0.139. The quantitative estimate of drug-likeness (QED) is 0.762. The number of hydrogen-bond acceptors (Lipinski definition) is 4. The van der Waals surface area contributed by atoms with Crippen LogP contribution in [0.25, 0.3) is 0 Å². The summed E-state index contributed by atoms with van der Waals surface area (Å²) in [5.74, 6) is -0.741. The molecule has 0 radical (unpaired) electrons. The van der Waals surface area contributed by atoms with E-state index in [-0.39, 0.29) is 18.0 Å². The van der Waals surface area contributed by atoms with Crippen molar-refractivity contribution in [3.05, 3.63) is 21.4 Å². The van der Waals surface area contributed by atoms with Crippen molar-refractivity contribution >= 4 is 17.3 Å². The van der Waals surface area contributed by atoms with Gasteiger partial charge in [-0.15, -0.1) is 11.3 Å². The molecule has 0 spiro atoms. The monoisotopic (exact) mass is 268 g/mol. The summed E-state index contributed by atoms with van der Waals surface area (Å²) in [6.07, 6.45) is 0.173. The van der Waals surface area contributed by atoms with Crippen molar-refractivity contribution < 1.29 is 9.90 Å². The largest absolute Gasteiger partial charge is 0.481 e. The fourth-order valence-corrected chi connectivity index (χ4v) is 3.63. The molecule has 0 aliphatic carbocycles. The molecule has 2 heterocycles. The summed E-state index contributed by atoms with van der Waals surface area (Å²) >= 11 is 1.79. The molecular formula is C13H20N2O2S. The Labute approximate surface area is 111 Å². The van der Waals surface area contributed by atoms with Crippen LogP contribution in [-0.4, -0.2) is 29.7 Å². The topological polar surface area (TPSA) is 61.4 Å². The molecule has 4 nitrogen and oxygen atoms in total. The maximum atomic E-state index is 10.9. The molecule has 1 aliphatic rings. The minimum absolute atomic E-state index is 0.173. The van der Waals surface area contributed by atoms with Crippen molar-refractivity contribution in [1.82, 2.24) is 10.6 Å². The van der Waals surface area contributed by atoms with Crippen LogP contribution in [0.2, 0.25) is 0 Å². The lowest BCUT2D eigenvalue weighted by Crippen LogP contribution is -2.68. The highest BCUT2D eigenvalue weighted by atomic mass is 32.1. The number of hydrogen-bond donors (Lipinski definition) is 3. The van der Waals surface area contributed by atoms with Crippen LogP contribution in [0.1, 0.15) is 34.7 Å². The van der Waals surface area contributed by atoms with Gasteiger partial charge in [-0.1, -0.05) is 0 Å². The number of carboxylic acid groups (broad SMARTS) is 1. The molecule has 1 aromatic heterocycles. The fourth-order valence-electron chi connectivity index (χ4n) is 2.61. The van der Waals surface area contributed by atoms with E-state index in [1.807, 2.05) is 0 Å². The van der Waals surface area contributed by atoms with Crippen molar-refractivity contribution in [2.75, 3.05) is 13.1 Å². The second kappa shape index (κ2) is 4.99. The first-order valence-corrected chi connectivity index (χ1v) is 7.01. The van der Waals surface area contributed by atoms with E-state index in [0.29, 0.717) is 0 Å². The summed E-state index contributed by atoms with van der Waals surface area (Å²) in [5.41, 5.74) is 1.00. The molecule has 1 unspecified atom stereocenters. The van der Waals surface area contributed by atoms with E-state index in [0.717, 1.165) is 13.1 Å². The molecule has 1 fully saturated rings. The van der Waals surface area contributed by atoms with Gasteiger partial charge in [0.15, 0.2) is 0 Å². The Balaban J connectivity index is 2.08. The van der Waals surface area contributed by atoms with Crippen LogP contribution in [0.4, 0.5) is 0 Å². The number of carboxylic acids is 1. The van der Waals surface area contributed by atoms with Crippen molar-refractivity contribution in [2.45, 2.75) is 38.8 Å². The first kappa shape index (κ1) is 13.5. The summed E-state index contributed by atoms with van der Waals surface area (Å²) in [5, 5.41) is 15.6. The Bertz CT molecular complexity index is 452. The Morgan fingerprint density at radius 3 is 2.67 bits per heavy atom. The highest BCUT2D eigenvalue weighted by molar-refractivity contribution is 7.12. The molecule has 2 rings (SSSR count). The van der Waals surface area contributed by atoms with Gasteiger partial charge in [-0.2, -0.15) is 0 Å². The lowest BCUT2D eigenvalue weighted by Gasteiger charge is -2.44. The summed E-state index contributed by atoms with van der Waals surface area (Å²) in [6, 6.07) is 2.38. The summed E-state index contributed by atoms with van der Waals surface area (Å²) < 4.78 is 0. The fraction of sp³-hybridized carbons (Fsp3) is 0.615. The molecule has 1 aromatic rings. The van der Waals surface area contributed by atoms with Crippen molar-refractivity contribution in [3.63, 3.8) is 0 Å². The molecular weight excluding hydrogens is 248 g/mol. The molecule has 0 bridgehead atoms. The highest BCUT2D eigenvalue weighted by Crippen LogP contribution is 2.29. The minimum Gasteiger partial charge on any atom is -0.481 e. The molecule has 3 N–H and O–H groups in total. The second-order valence-electron chi connectivity index (χ2n) is 5.19. The Kier molecular flexibility index (Phi) is 3.75. The highest BCUT2D eigenvalue weighted by Gasteiger charge is 2.40. The van der Waals surface area contributed by atoms with Gasteiger partial charge >= 0.3 is 5.97 Å². The number of aliphatic carboxylic acids is 1. The van der Waals surface area contributed by atoms with Gasteiger partial charge in [0, 0.05) is 28.9 Å². The average Bonchev–Trinajstić information content (AvgIpc) is 2.53. The molecule has 1 aliphatic heterocycles. The van der Waals surface area contributed by atoms with Crippen LogP contribution in [0.3, 0.4) is 0 Å². The number of rotatable bonds is 5. The molecule has 0 saturated carbocycles. The molecule has 1 saturated heterocycles. The van der Waals surface area contributed by atoms with Gasteiger partial charge in [0.1, 0.15) is 0 Å². The summed E-state index contributed by atoms with van der Waals surface area (Å²) in [6.45, 7) is 7.79. The molecule has 0 aromatic carbocycles. The predicted molar refractivity (Wildman–Crippen MR) is 73.2 cm³/mol. The number of nitrogens with one attached hydrogen (secondary N) is 2. The SMILES string of the molecule is Cc1cc(C(C)NC2(CC(=O)O)CNC2)c(C)s1. The Morgan fingerprint density at radius 1 is 1.61 bits per heavy atom. The van der Waals surface area contributed by atoms with Crippen LogP contribution < -0.4 is 10.6 Å². The molecule has 5 heteroatoms. The van der Waals surface area contributed by atoms with Crippen LogP contribution in [-0.2, 0) is 4.79 Å². The van der Waals surface area contributed by atoms with Gasteiger partial charge in [-0.3, -0.25) is 4.79 Å². The van der Waals surface area contributed by atoms with Crippen molar-refractivity contribution in [1.29, 1.82) is 0 Å². The molecule has 18 heavy (non-hydrogen) atoms. The van der Waals surface area contributed by atoms with E-state index in [2.05, 4.69) is 37.5 Å². The Hall–Kier alpha value is -0.910. The van der Waals surface area contributed by atoms with Gasteiger partial charge in [0.05, 0.1) is 12.0 Å². The third-order valence-electron chi connectivity index (χ3n) is 3.48. The first-order valence-electron chi connectivity index (χ1n) is 6.19. The zero-order chi connectivity index (χ0) is 13.3. The lowest BCUT2D eigenvalue weighted by atomic mass is 9.87. The van der Waals surface area contributed by atoms with E-state index in [1.54, 1.807) is 11.3 Å². The van der Waals surface area contributed by atoms with E-state index in [1.165, 1.54) is 15.3 Å². The number of aryl methyl sites for hydroxylation is 2. The summed E-state index contributed by atoms with van der Waals surface area (Å²) in [4.78, 5) is 13.5. The van der Waals surface area contributed by atoms with Gasteiger partial charge in [0.2, 0.25) is 0 Å². The number of thiophene rings is 1. The van der Waals surface area contributed by atoms with Crippen LogP contribution in [0.5, 0.6) is 0 Å². The third-order valence-corrected chi connectivity index (χ3v) is 4.47. The maximum Gasteiger partial charge on any atom is 0.305 e. The number of carbonyl (C=O) groups is 1. The van der Waals surface area contributed by atoms with Gasteiger partial charge in [0.25, 0.3) is 0 Å². The van der Waals surface area contributed by atoms with E-state index in [9.17, 15) is 4.79 Å². The zero-order valence-electron chi connectivity index (χ0n) is 11.0. The molecule has 1 atom stereocenters. The van der Waals surface area contributed by atoms with Gasteiger partial charge in [-0.25, -0.2) is 0 Å². The van der Waals surface area contributed by atoms with Crippen molar-refractivity contribution in [2.24, 2.45) is 0 Å². The van der Waals surface area contributed by atoms with E-state index < -0.39 is 5.97 Å². The molecule has 0 amide bonds. The van der Waals surface area contributed by atoms with E-state index >= 15 is 0 Å². The van der Waals surface area contributed by atoms with Gasteiger partial charge < -0.3 is 15.7 Å². The second-order valence-corrected chi connectivity index (χ2v) is 6.65. The average molecular weight is 268 g/mol. The van der Waals surface area contributed by atoms with Crippen molar-refractivity contribution in [3.8, 4) is 0 Å². The zero-order valence-corrected chi connectivity index (χ0v) is 11.9. The standard InChI is InChI=1S/C13H20N2O2S/c1-8-4-11(10(3)18-8)9(2)15-13(5-12(16)17)6-14-7-13/h4,9,14-15H,5-7H2,1-3H3,(H,16,17). The smallest absolute Gasteiger partial charge is 0.305 e. The first-order chi connectivity index (χ1) is 8.42. The Morgan fingerprint density at radius 2 is 2.28 bits per heavy atom. The third kappa shape index (κ3) is 2.74. The summed E-state index contributed by atoms with van der Waals surface area (Å²) in [7, 11) is 0. The molecule has 100 valence electrons. The van der Waals surface area contributed by atoms with Gasteiger partial charge in [-0.05, 0) is 32.4 Å². The van der Waals surface area contributed by atoms with Crippen LogP contribution in [0.15, 0.2) is 6.07 Å². The van der Waals surface area contributed by atoms with E-state index in [4.69, 9.17) is 5.11 Å². The van der Waals surface area contributed by atoms with Crippen LogP contribution >= 0.6 is 11.3 Å². The minimum atomic E-state index is -0.741.